The molecule has 23 heavy (non-hydrogen) atoms. The summed E-state index contributed by atoms with van der Waals surface area (Å²) >= 11 is 0. The lowest BCUT2D eigenvalue weighted by atomic mass is 9.97. The van der Waals surface area contributed by atoms with Crippen molar-refractivity contribution in [3.63, 3.8) is 0 Å². The maximum Gasteiger partial charge on any atom is 0.338 e. The Morgan fingerprint density at radius 2 is 1.74 bits per heavy atom. The highest BCUT2D eigenvalue weighted by molar-refractivity contribution is 6.01. The van der Waals surface area contributed by atoms with E-state index in [1.807, 2.05) is 39.0 Å². The lowest BCUT2D eigenvalue weighted by molar-refractivity contribution is 0.0474. The number of rotatable bonds is 4. The van der Waals surface area contributed by atoms with E-state index in [2.05, 4.69) is 0 Å². The average Bonchev–Trinajstić information content (AvgIpc) is 2.51. The molecule has 0 amide bonds. The van der Waals surface area contributed by atoms with E-state index in [1.165, 1.54) is 6.07 Å². The Morgan fingerprint density at radius 1 is 1.09 bits per heavy atom. The van der Waals surface area contributed by atoms with Crippen LogP contribution in [0.3, 0.4) is 0 Å². The standard InChI is InChI=1S/C19H17NO3/c1-12-7-13(2)18(14(3)8-12)17(21)11-23-19(22)16-6-4-5-15(9-16)10-20/h4-9H,11H2,1-3H3. The summed E-state index contributed by atoms with van der Waals surface area (Å²) in [5.74, 6) is -0.845. The first kappa shape index (κ1) is 16.4. The zero-order valence-electron chi connectivity index (χ0n) is 13.3. The summed E-state index contributed by atoms with van der Waals surface area (Å²) in [6.45, 7) is 5.38. The molecule has 4 nitrogen and oxygen atoms in total. The second-order valence-corrected chi connectivity index (χ2v) is 5.47. The fourth-order valence-corrected chi connectivity index (χ4v) is 2.62. The third-order valence-electron chi connectivity index (χ3n) is 3.52. The van der Waals surface area contributed by atoms with Gasteiger partial charge in [-0.1, -0.05) is 23.8 Å². The molecule has 0 radical (unpaired) electrons. The van der Waals surface area contributed by atoms with E-state index in [1.54, 1.807) is 18.2 Å². The lowest BCUT2D eigenvalue weighted by Gasteiger charge is -2.11. The monoisotopic (exact) mass is 307 g/mol. The summed E-state index contributed by atoms with van der Waals surface area (Å²) in [6, 6.07) is 12.0. The van der Waals surface area contributed by atoms with Gasteiger partial charge in [0.15, 0.2) is 6.61 Å². The Kier molecular flexibility index (Phi) is 4.92. The van der Waals surface area contributed by atoms with E-state index in [4.69, 9.17) is 10.00 Å². The van der Waals surface area contributed by atoms with Crippen LogP contribution in [-0.4, -0.2) is 18.4 Å². The molecule has 0 atom stereocenters. The van der Waals surface area contributed by atoms with E-state index in [-0.39, 0.29) is 18.0 Å². The van der Waals surface area contributed by atoms with Crippen LogP contribution in [0, 0.1) is 32.1 Å². The van der Waals surface area contributed by atoms with E-state index in [0.717, 1.165) is 16.7 Å². The van der Waals surface area contributed by atoms with Gasteiger partial charge in [0.1, 0.15) is 0 Å². The smallest absolute Gasteiger partial charge is 0.338 e. The van der Waals surface area contributed by atoms with Crippen molar-refractivity contribution < 1.29 is 14.3 Å². The van der Waals surface area contributed by atoms with Crippen molar-refractivity contribution >= 4 is 11.8 Å². The molecular formula is C19H17NO3. The predicted octanol–water partition coefficient (Wildman–Crippen LogP) is 3.52. The quantitative estimate of drug-likeness (QED) is 0.640. The van der Waals surface area contributed by atoms with Crippen molar-refractivity contribution in [1.82, 2.24) is 0 Å². The summed E-state index contributed by atoms with van der Waals surface area (Å²) in [4.78, 5) is 24.3. The van der Waals surface area contributed by atoms with E-state index >= 15 is 0 Å². The van der Waals surface area contributed by atoms with Gasteiger partial charge >= 0.3 is 5.97 Å². The van der Waals surface area contributed by atoms with Crippen LogP contribution in [0.25, 0.3) is 0 Å². The van der Waals surface area contributed by atoms with Crippen LogP contribution in [0.1, 0.15) is 43.0 Å². The molecule has 2 aromatic rings. The van der Waals surface area contributed by atoms with Gasteiger partial charge in [-0.05, 0) is 50.1 Å². The van der Waals surface area contributed by atoms with Crippen molar-refractivity contribution in [2.45, 2.75) is 20.8 Å². The molecule has 0 aliphatic carbocycles. The minimum Gasteiger partial charge on any atom is -0.454 e. The number of carbonyl (C=O) groups is 2. The van der Waals surface area contributed by atoms with Gasteiger partial charge < -0.3 is 4.74 Å². The van der Waals surface area contributed by atoms with Crippen molar-refractivity contribution in [3.8, 4) is 6.07 Å². The fourth-order valence-electron chi connectivity index (χ4n) is 2.62. The molecule has 0 N–H and O–H groups in total. The molecule has 0 saturated heterocycles. The van der Waals surface area contributed by atoms with Gasteiger partial charge in [0.2, 0.25) is 5.78 Å². The van der Waals surface area contributed by atoms with Crippen molar-refractivity contribution in [2.24, 2.45) is 0 Å². The highest BCUT2D eigenvalue weighted by Crippen LogP contribution is 2.17. The first-order chi connectivity index (χ1) is 10.9. The third kappa shape index (κ3) is 3.83. The van der Waals surface area contributed by atoms with Crippen molar-refractivity contribution in [2.75, 3.05) is 6.61 Å². The van der Waals surface area contributed by atoms with Gasteiger partial charge in [-0.15, -0.1) is 0 Å². The first-order valence-electron chi connectivity index (χ1n) is 7.20. The van der Waals surface area contributed by atoms with Crippen LogP contribution in [-0.2, 0) is 4.74 Å². The van der Waals surface area contributed by atoms with Gasteiger partial charge in [0, 0.05) is 5.56 Å². The molecule has 0 spiro atoms. The highest BCUT2D eigenvalue weighted by atomic mass is 16.5. The van der Waals surface area contributed by atoms with E-state index in [0.29, 0.717) is 11.1 Å². The number of hydrogen-bond donors (Lipinski definition) is 0. The highest BCUT2D eigenvalue weighted by Gasteiger charge is 2.16. The largest absolute Gasteiger partial charge is 0.454 e. The average molecular weight is 307 g/mol. The SMILES string of the molecule is Cc1cc(C)c(C(=O)COC(=O)c2cccc(C#N)c2)c(C)c1. The number of hydrogen-bond acceptors (Lipinski definition) is 4. The summed E-state index contributed by atoms with van der Waals surface area (Å²) in [6.07, 6.45) is 0. The van der Waals surface area contributed by atoms with Crippen LogP contribution in [0.2, 0.25) is 0 Å². The Balaban J connectivity index is 2.10. The minimum atomic E-state index is -0.613. The maximum atomic E-state index is 12.3. The maximum absolute atomic E-state index is 12.3. The molecule has 2 aromatic carbocycles. The number of aryl methyl sites for hydroxylation is 3. The molecule has 0 aliphatic rings. The Labute approximate surface area is 135 Å². The zero-order chi connectivity index (χ0) is 17.0. The van der Waals surface area contributed by atoms with E-state index < -0.39 is 5.97 Å². The van der Waals surface area contributed by atoms with E-state index in [9.17, 15) is 9.59 Å². The van der Waals surface area contributed by atoms with Gasteiger partial charge in [-0.3, -0.25) is 4.79 Å². The summed E-state index contributed by atoms with van der Waals surface area (Å²) in [5, 5.41) is 8.84. The molecule has 4 heteroatoms. The second-order valence-electron chi connectivity index (χ2n) is 5.47. The van der Waals surface area contributed by atoms with Gasteiger partial charge in [0.05, 0.1) is 17.2 Å². The Hall–Kier alpha value is -2.93. The molecule has 116 valence electrons. The number of benzene rings is 2. The third-order valence-corrected chi connectivity index (χ3v) is 3.52. The predicted molar refractivity (Wildman–Crippen MR) is 86.4 cm³/mol. The van der Waals surface area contributed by atoms with Crippen LogP contribution in [0.5, 0.6) is 0 Å². The van der Waals surface area contributed by atoms with Crippen LogP contribution >= 0.6 is 0 Å². The lowest BCUT2D eigenvalue weighted by Crippen LogP contribution is -2.16. The fraction of sp³-hybridized carbons (Fsp3) is 0.211. The molecule has 0 aliphatic heterocycles. The molecule has 0 aromatic heterocycles. The van der Waals surface area contributed by atoms with Crippen LogP contribution in [0.4, 0.5) is 0 Å². The van der Waals surface area contributed by atoms with Gasteiger partial charge in [-0.25, -0.2) is 4.79 Å². The normalized spacial score (nSPS) is 10.0. The minimum absolute atomic E-state index is 0.232. The number of nitriles is 1. The topological polar surface area (TPSA) is 67.2 Å². The molecule has 0 unspecified atom stereocenters. The number of esters is 1. The molecule has 0 heterocycles. The Bertz CT molecular complexity index is 793. The Morgan fingerprint density at radius 3 is 2.35 bits per heavy atom. The van der Waals surface area contributed by atoms with Gasteiger partial charge in [0.25, 0.3) is 0 Å². The second kappa shape index (κ2) is 6.89. The van der Waals surface area contributed by atoms with Crippen molar-refractivity contribution in [3.05, 3.63) is 69.8 Å². The number of Topliss-reactive ketones (excluding diaryl/α,β-unsaturated/α-hetero) is 1. The molecule has 0 fully saturated rings. The van der Waals surface area contributed by atoms with Crippen LogP contribution in [0.15, 0.2) is 36.4 Å². The number of ketones is 1. The molecule has 0 bridgehead atoms. The van der Waals surface area contributed by atoms with Crippen LogP contribution < -0.4 is 0 Å². The molecular weight excluding hydrogens is 290 g/mol. The number of carbonyl (C=O) groups excluding carboxylic acids is 2. The van der Waals surface area contributed by atoms with Gasteiger partial charge in [-0.2, -0.15) is 5.26 Å². The number of ether oxygens (including phenoxy) is 1. The summed E-state index contributed by atoms with van der Waals surface area (Å²) in [7, 11) is 0. The summed E-state index contributed by atoms with van der Waals surface area (Å²) in [5.41, 5.74) is 4.05. The summed E-state index contributed by atoms with van der Waals surface area (Å²) < 4.78 is 5.09. The molecule has 0 saturated carbocycles. The zero-order valence-corrected chi connectivity index (χ0v) is 13.3. The first-order valence-corrected chi connectivity index (χ1v) is 7.20. The molecule has 2 rings (SSSR count). The number of nitrogens with zero attached hydrogens (tertiary/aromatic N) is 1. The van der Waals surface area contributed by atoms with Crippen molar-refractivity contribution in [1.29, 1.82) is 5.26 Å².